The van der Waals surface area contributed by atoms with Crippen molar-refractivity contribution in [3.8, 4) is 0 Å². The van der Waals surface area contributed by atoms with Crippen LogP contribution in [0.4, 0.5) is 0 Å². The van der Waals surface area contributed by atoms with E-state index in [4.69, 9.17) is 9.47 Å². The van der Waals surface area contributed by atoms with Crippen molar-refractivity contribution in [2.75, 3.05) is 0 Å². The molecule has 0 saturated heterocycles. The van der Waals surface area contributed by atoms with Crippen LogP contribution in [0, 0.1) is 0 Å². The molecule has 1 aromatic rings. The van der Waals surface area contributed by atoms with Crippen LogP contribution in [-0.2, 0) is 19.1 Å². The molecular formula is C15H14O4. The summed E-state index contributed by atoms with van der Waals surface area (Å²) in [4.78, 5) is 22.2. The first-order valence-electron chi connectivity index (χ1n) is 5.94. The fraction of sp³-hybridized carbons (Fsp3) is 0.200. The summed E-state index contributed by atoms with van der Waals surface area (Å²) in [7, 11) is 0. The van der Waals surface area contributed by atoms with Crippen LogP contribution in [0.2, 0.25) is 0 Å². The van der Waals surface area contributed by atoms with E-state index in [1.54, 1.807) is 6.08 Å². The predicted octanol–water partition coefficient (Wildman–Crippen LogP) is 2.11. The van der Waals surface area contributed by atoms with Gasteiger partial charge in [-0.25, -0.2) is 4.79 Å². The molecule has 1 heterocycles. The molecule has 1 aromatic carbocycles. The van der Waals surface area contributed by atoms with Crippen LogP contribution < -0.4 is 0 Å². The van der Waals surface area contributed by atoms with Crippen molar-refractivity contribution in [1.82, 2.24) is 0 Å². The summed E-state index contributed by atoms with van der Waals surface area (Å²) in [6.45, 7) is 1.32. The monoisotopic (exact) mass is 258 g/mol. The lowest BCUT2D eigenvalue weighted by molar-refractivity contribution is -0.158. The van der Waals surface area contributed by atoms with E-state index in [0.717, 1.165) is 5.56 Å². The lowest BCUT2D eigenvalue weighted by atomic mass is 10.1. The van der Waals surface area contributed by atoms with E-state index < -0.39 is 24.1 Å². The highest BCUT2D eigenvalue weighted by molar-refractivity contribution is 5.83. The molecule has 98 valence electrons. The lowest BCUT2D eigenvalue weighted by Gasteiger charge is -2.24. The average molecular weight is 258 g/mol. The number of esters is 2. The maximum Gasteiger partial charge on any atom is 0.331 e. The molecular weight excluding hydrogens is 244 g/mol. The zero-order chi connectivity index (χ0) is 13.7. The highest BCUT2D eigenvalue weighted by Gasteiger charge is 2.26. The Bertz CT molecular complexity index is 516. The fourth-order valence-corrected chi connectivity index (χ4v) is 1.74. The molecule has 0 amide bonds. The lowest BCUT2D eigenvalue weighted by Crippen LogP contribution is -2.34. The molecule has 0 spiro atoms. The zero-order valence-electron chi connectivity index (χ0n) is 10.5. The van der Waals surface area contributed by atoms with E-state index in [9.17, 15) is 9.59 Å². The number of carbonyl (C=O) groups excluding carboxylic acids is 2. The second kappa shape index (κ2) is 6.00. The third-order valence-electron chi connectivity index (χ3n) is 2.58. The van der Waals surface area contributed by atoms with Crippen LogP contribution in [0.1, 0.15) is 12.5 Å². The van der Waals surface area contributed by atoms with Crippen molar-refractivity contribution in [1.29, 1.82) is 0 Å². The molecule has 0 fully saturated rings. The molecule has 1 aliphatic heterocycles. The minimum Gasteiger partial charge on any atom is -0.454 e. The van der Waals surface area contributed by atoms with Crippen molar-refractivity contribution in [3.05, 3.63) is 54.1 Å². The van der Waals surface area contributed by atoms with Crippen molar-refractivity contribution >= 4 is 18.0 Å². The Balaban J connectivity index is 2.11. The molecule has 0 aliphatic carbocycles. The smallest absolute Gasteiger partial charge is 0.331 e. The summed E-state index contributed by atoms with van der Waals surface area (Å²) < 4.78 is 10.2. The normalized spacial score (nSPS) is 22.3. The van der Waals surface area contributed by atoms with E-state index >= 15 is 0 Å². The van der Waals surface area contributed by atoms with Gasteiger partial charge in [0.05, 0.1) is 0 Å². The largest absolute Gasteiger partial charge is 0.454 e. The Labute approximate surface area is 111 Å². The summed E-state index contributed by atoms with van der Waals surface area (Å²) in [5.74, 6) is -0.850. The number of benzene rings is 1. The van der Waals surface area contributed by atoms with Gasteiger partial charge in [0, 0.05) is 13.0 Å². The predicted molar refractivity (Wildman–Crippen MR) is 70.1 cm³/mol. The number of cyclic esters (lactones) is 1. The summed E-state index contributed by atoms with van der Waals surface area (Å²) in [6.07, 6.45) is 5.17. The van der Waals surface area contributed by atoms with Gasteiger partial charge in [-0.2, -0.15) is 0 Å². The molecule has 0 saturated carbocycles. The van der Waals surface area contributed by atoms with Gasteiger partial charge in [-0.05, 0) is 17.7 Å². The topological polar surface area (TPSA) is 52.6 Å². The van der Waals surface area contributed by atoms with Gasteiger partial charge in [-0.3, -0.25) is 4.79 Å². The van der Waals surface area contributed by atoms with Gasteiger partial charge in [0.15, 0.2) is 12.2 Å². The van der Waals surface area contributed by atoms with Crippen LogP contribution in [0.15, 0.2) is 48.6 Å². The highest BCUT2D eigenvalue weighted by Crippen LogP contribution is 2.15. The van der Waals surface area contributed by atoms with Gasteiger partial charge in [-0.15, -0.1) is 0 Å². The minimum absolute atomic E-state index is 0.411. The maximum absolute atomic E-state index is 11.2. The van der Waals surface area contributed by atoms with Crippen LogP contribution >= 0.6 is 0 Å². The van der Waals surface area contributed by atoms with Gasteiger partial charge >= 0.3 is 11.9 Å². The fourth-order valence-electron chi connectivity index (χ4n) is 1.74. The van der Waals surface area contributed by atoms with E-state index in [2.05, 4.69) is 0 Å². The third kappa shape index (κ3) is 3.81. The van der Waals surface area contributed by atoms with E-state index in [1.165, 1.54) is 19.1 Å². The average Bonchev–Trinajstić information content (AvgIpc) is 2.40. The first-order chi connectivity index (χ1) is 9.15. The van der Waals surface area contributed by atoms with Crippen molar-refractivity contribution in [3.63, 3.8) is 0 Å². The molecule has 19 heavy (non-hydrogen) atoms. The van der Waals surface area contributed by atoms with Gasteiger partial charge in [0.2, 0.25) is 0 Å². The first-order valence-corrected chi connectivity index (χ1v) is 5.94. The second-order valence-electron chi connectivity index (χ2n) is 4.10. The maximum atomic E-state index is 11.2. The summed E-state index contributed by atoms with van der Waals surface area (Å²) in [6, 6.07) is 9.60. The highest BCUT2D eigenvalue weighted by atomic mass is 16.6. The Kier molecular flexibility index (Phi) is 4.13. The van der Waals surface area contributed by atoms with Gasteiger partial charge in [0.25, 0.3) is 0 Å². The first kappa shape index (κ1) is 13.1. The Morgan fingerprint density at radius 1 is 1.32 bits per heavy atom. The number of hydrogen-bond donors (Lipinski definition) is 0. The summed E-state index contributed by atoms with van der Waals surface area (Å²) in [5.41, 5.74) is 0.981. The SMILES string of the molecule is CC(=O)O[C@@H]1C=CC(=O)O[C@@H]1/C=C/c1ccccc1. The Hall–Kier alpha value is -2.36. The third-order valence-corrected chi connectivity index (χ3v) is 2.58. The number of carbonyl (C=O) groups is 2. The molecule has 2 rings (SSSR count). The van der Waals surface area contributed by atoms with Crippen LogP contribution in [0.5, 0.6) is 0 Å². The van der Waals surface area contributed by atoms with E-state index in [0.29, 0.717) is 0 Å². The molecule has 4 heteroatoms. The number of hydrogen-bond acceptors (Lipinski definition) is 4. The Morgan fingerprint density at radius 3 is 2.74 bits per heavy atom. The van der Waals surface area contributed by atoms with Gasteiger partial charge < -0.3 is 9.47 Å². The van der Waals surface area contributed by atoms with Crippen molar-refractivity contribution < 1.29 is 19.1 Å². The molecule has 0 aromatic heterocycles. The second-order valence-corrected chi connectivity index (χ2v) is 4.10. The van der Waals surface area contributed by atoms with E-state index in [-0.39, 0.29) is 0 Å². The van der Waals surface area contributed by atoms with Crippen LogP contribution in [0.3, 0.4) is 0 Å². The molecule has 0 unspecified atom stereocenters. The van der Waals surface area contributed by atoms with Crippen LogP contribution in [0.25, 0.3) is 6.08 Å². The molecule has 2 atom stereocenters. The standard InChI is InChI=1S/C15H14O4/c1-11(16)18-13-9-10-15(17)19-14(13)8-7-12-5-3-2-4-6-12/h2-10,13-14H,1H3/b8-7+/t13-,14-/m1/s1. The van der Waals surface area contributed by atoms with Crippen molar-refractivity contribution in [2.45, 2.75) is 19.1 Å². The Morgan fingerprint density at radius 2 is 2.05 bits per heavy atom. The molecule has 4 nitrogen and oxygen atoms in total. The summed E-state index contributed by atoms with van der Waals surface area (Å²) >= 11 is 0. The van der Waals surface area contributed by atoms with Crippen LogP contribution in [-0.4, -0.2) is 24.1 Å². The minimum atomic E-state index is -0.596. The number of rotatable bonds is 3. The molecule has 0 bridgehead atoms. The number of ether oxygens (including phenoxy) is 2. The molecule has 0 N–H and O–H groups in total. The quantitative estimate of drug-likeness (QED) is 0.779. The molecule has 1 aliphatic rings. The van der Waals surface area contributed by atoms with Gasteiger partial charge in [0.1, 0.15) is 0 Å². The zero-order valence-corrected chi connectivity index (χ0v) is 10.5. The van der Waals surface area contributed by atoms with E-state index in [1.807, 2.05) is 36.4 Å². The van der Waals surface area contributed by atoms with Gasteiger partial charge in [-0.1, -0.05) is 36.4 Å². The summed E-state index contributed by atoms with van der Waals surface area (Å²) in [5, 5.41) is 0. The van der Waals surface area contributed by atoms with Crippen molar-refractivity contribution in [2.24, 2.45) is 0 Å². The molecule has 0 radical (unpaired) electrons.